The summed E-state index contributed by atoms with van der Waals surface area (Å²) in [6.45, 7) is 0.194. The van der Waals surface area contributed by atoms with Crippen LogP contribution in [-0.2, 0) is 0 Å². The zero-order valence-electron chi connectivity index (χ0n) is 11.0. The summed E-state index contributed by atoms with van der Waals surface area (Å²) in [5, 5.41) is 3.06. The monoisotopic (exact) mass is 340 g/mol. The molecule has 0 spiro atoms. The number of ether oxygens (including phenoxy) is 2. The van der Waals surface area contributed by atoms with E-state index in [1.807, 2.05) is 0 Å². The lowest BCUT2D eigenvalue weighted by molar-refractivity contribution is 0.0925. The smallest absolute Gasteiger partial charge is 0.251 e. The quantitative estimate of drug-likeness (QED) is 0.865. The van der Waals surface area contributed by atoms with Gasteiger partial charge in [0, 0.05) is 17.6 Å². The fourth-order valence-corrected chi connectivity index (χ4v) is 3.19. The van der Waals surface area contributed by atoms with E-state index in [1.54, 1.807) is 12.1 Å². The lowest BCUT2D eigenvalue weighted by Crippen LogP contribution is -2.40. The molecule has 0 saturated heterocycles. The number of hydrogen-bond donors (Lipinski definition) is 2. The predicted molar refractivity (Wildman–Crippen MR) is 78.0 cm³/mol. The van der Waals surface area contributed by atoms with Crippen LogP contribution in [0, 0.1) is 0 Å². The van der Waals surface area contributed by atoms with Crippen molar-refractivity contribution in [1.82, 2.24) is 5.32 Å². The van der Waals surface area contributed by atoms with Crippen LogP contribution in [0.1, 0.15) is 36.0 Å². The first kappa shape index (κ1) is 13.7. The molecular weight excluding hydrogens is 324 g/mol. The standard InChI is InChI=1S/C14H17BrN2O3/c15-11-5-8(6-12-13(11)20-7-19-12)14(18)17-10-3-1-9(16)2-4-10/h5-6,9-10H,1-4,7,16H2,(H,17,18). The molecule has 3 N–H and O–H groups in total. The van der Waals surface area contributed by atoms with Gasteiger partial charge in [0.15, 0.2) is 11.5 Å². The van der Waals surface area contributed by atoms with Crippen molar-refractivity contribution < 1.29 is 14.3 Å². The third-order valence-electron chi connectivity index (χ3n) is 3.80. The minimum Gasteiger partial charge on any atom is -0.454 e. The van der Waals surface area contributed by atoms with Crippen LogP contribution in [0.3, 0.4) is 0 Å². The Morgan fingerprint density at radius 2 is 2.00 bits per heavy atom. The Labute approximate surface area is 125 Å². The number of carbonyl (C=O) groups excluding carboxylic acids is 1. The van der Waals surface area contributed by atoms with Gasteiger partial charge in [0.2, 0.25) is 6.79 Å². The Morgan fingerprint density at radius 1 is 1.25 bits per heavy atom. The highest BCUT2D eigenvalue weighted by atomic mass is 79.9. The Hall–Kier alpha value is -1.27. The van der Waals surface area contributed by atoms with Gasteiger partial charge in [-0.05, 0) is 53.7 Å². The first-order valence-corrected chi connectivity index (χ1v) is 7.58. The van der Waals surface area contributed by atoms with Crippen molar-refractivity contribution in [2.24, 2.45) is 5.73 Å². The van der Waals surface area contributed by atoms with Gasteiger partial charge in [0.05, 0.1) is 4.47 Å². The zero-order valence-corrected chi connectivity index (χ0v) is 12.6. The van der Waals surface area contributed by atoms with E-state index in [9.17, 15) is 4.79 Å². The predicted octanol–water partition coefficient (Wildman–Crippen LogP) is 2.18. The van der Waals surface area contributed by atoms with E-state index in [4.69, 9.17) is 15.2 Å². The topological polar surface area (TPSA) is 73.6 Å². The molecule has 0 aromatic heterocycles. The summed E-state index contributed by atoms with van der Waals surface area (Å²) in [7, 11) is 0. The Bertz CT molecular complexity index is 527. The lowest BCUT2D eigenvalue weighted by atomic mass is 9.91. The summed E-state index contributed by atoms with van der Waals surface area (Å²) in [5.74, 6) is 1.19. The second kappa shape index (κ2) is 5.61. The van der Waals surface area contributed by atoms with Crippen LogP contribution in [0.2, 0.25) is 0 Å². The highest BCUT2D eigenvalue weighted by Gasteiger charge is 2.23. The third kappa shape index (κ3) is 2.76. The van der Waals surface area contributed by atoms with Crippen molar-refractivity contribution in [1.29, 1.82) is 0 Å². The van der Waals surface area contributed by atoms with Gasteiger partial charge in [-0.1, -0.05) is 0 Å². The highest BCUT2D eigenvalue weighted by Crippen LogP contribution is 2.40. The van der Waals surface area contributed by atoms with Gasteiger partial charge >= 0.3 is 0 Å². The lowest BCUT2D eigenvalue weighted by Gasteiger charge is -2.26. The molecule has 1 aliphatic heterocycles. The molecule has 1 aromatic rings. The maximum atomic E-state index is 12.3. The Morgan fingerprint density at radius 3 is 2.75 bits per heavy atom. The first-order valence-electron chi connectivity index (χ1n) is 6.79. The summed E-state index contributed by atoms with van der Waals surface area (Å²) >= 11 is 3.40. The van der Waals surface area contributed by atoms with Crippen LogP contribution >= 0.6 is 15.9 Å². The van der Waals surface area contributed by atoms with Gasteiger partial charge in [0.1, 0.15) is 0 Å². The van der Waals surface area contributed by atoms with Crippen molar-refractivity contribution >= 4 is 21.8 Å². The molecule has 0 unspecified atom stereocenters. The molecule has 0 atom stereocenters. The molecule has 5 nitrogen and oxygen atoms in total. The molecule has 1 fully saturated rings. The molecular formula is C14H17BrN2O3. The van der Waals surface area contributed by atoms with Crippen LogP contribution in [-0.4, -0.2) is 24.8 Å². The summed E-state index contributed by atoms with van der Waals surface area (Å²) in [5.41, 5.74) is 6.45. The molecule has 1 saturated carbocycles. The van der Waals surface area contributed by atoms with Gasteiger partial charge in [0.25, 0.3) is 5.91 Å². The number of nitrogens with two attached hydrogens (primary N) is 1. The number of fused-ring (bicyclic) bond motifs is 1. The largest absolute Gasteiger partial charge is 0.454 e. The van der Waals surface area contributed by atoms with Gasteiger partial charge < -0.3 is 20.5 Å². The molecule has 108 valence electrons. The van der Waals surface area contributed by atoms with E-state index < -0.39 is 0 Å². The van der Waals surface area contributed by atoms with Crippen molar-refractivity contribution in [3.8, 4) is 11.5 Å². The van der Waals surface area contributed by atoms with Gasteiger partial charge in [-0.15, -0.1) is 0 Å². The normalized spacial score (nSPS) is 24.5. The van der Waals surface area contributed by atoms with E-state index in [-0.39, 0.29) is 24.8 Å². The van der Waals surface area contributed by atoms with Crippen LogP contribution < -0.4 is 20.5 Å². The van der Waals surface area contributed by atoms with Crippen LogP contribution in [0.5, 0.6) is 11.5 Å². The number of halogens is 1. The minimum absolute atomic E-state index is 0.0792. The molecule has 0 radical (unpaired) electrons. The molecule has 20 heavy (non-hydrogen) atoms. The number of carbonyl (C=O) groups is 1. The van der Waals surface area contributed by atoms with E-state index in [2.05, 4.69) is 21.2 Å². The van der Waals surface area contributed by atoms with E-state index in [0.29, 0.717) is 17.1 Å². The van der Waals surface area contributed by atoms with E-state index in [0.717, 1.165) is 30.2 Å². The number of benzene rings is 1. The van der Waals surface area contributed by atoms with Crippen LogP contribution in [0.25, 0.3) is 0 Å². The summed E-state index contributed by atoms with van der Waals surface area (Å²) in [4.78, 5) is 12.3. The van der Waals surface area contributed by atoms with Gasteiger partial charge in [-0.25, -0.2) is 0 Å². The Kier molecular flexibility index (Phi) is 3.85. The fourth-order valence-electron chi connectivity index (χ4n) is 2.63. The maximum absolute atomic E-state index is 12.3. The number of rotatable bonds is 2. The molecule has 1 amide bonds. The molecule has 2 aliphatic rings. The molecule has 1 aliphatic carbocycles. The van der Waals surface area contributed by atoms with Crippen LogP contribution in [0.4, 0.5) is 0 Å². The summed E-state index contributed by atoms with van der Waals surface area (Å²) in [6.07, 6.45) is 3.82. The molecule has 0 bridgehead atoms. The average molecular weight is 341 g/mol. The summed E-state index contributed by atoms with van der Waals surface area (Å²) < 4.78 is 11.4. The first-order chi connectivity index (χ1) is 9.63. The maximum Gasteiger partial charge on any atom is 0.251 e. The second-order valence-electron chi connectivity index (χ2n) is 5.28. The highest BCUT2D eigenvalue weighted by molar-refractivity contribution is 9.10. The van der Waals surface area contributed by atoms with Crippen LogP contribution in [0.15, 0.2) is 16.6 Å². The van der Waals surface area contributed by atoms with Crippen molar-refractivity contribution in [2.75, 3.05) is 6.79 Å². The van der Waals surface area contributed by atoms with Crippen molar-refractivity contribution in [2.45, 2.75) is 37.8 Å². The zero-order chi connectivity index (χ0) is 14.1. The minimum atomic E-state index is -0.0792. The van der Waals surface area contributed by atoms with Gasteiger partial charge in [-0.3, -0.25) is 4.79 Å². The number of amides is 1. The SMILES string of the molecule is NC1CCC(NC(=O)c2cc(Br)c3c(c2)OCO3)CC1. The third-order valence-corrected chi connectivity index (χ3v) is 4.39. The molecule has 6 heteroatoms. The average Bonchev–Trinajstić information content (AvgIpc) is 2.90. The second-order valence-corrected chi connectivity index (χ2v) is 6.13. The number of hydrogen-bond acceptors (Lipinski definition) is 4. The summed E-state index contributed by atoms with van der Waals surface area (Å²) in [6, 6.07) is 3.98. The molecule has 3 rings (SSSR count). The van der Waals surface area contributed by atoms with E-state index in [1.165, 1.54) is 0 Å². The van der Waals surface area contributed by atoms with E-state index >= 15 is 0 Å². The number of nitrogens with one attached hydrogen (secondary N) is 1. The van der Waals surface area contributed by atoms with Gasteiger partial charge in [-0.2, -0.15) is 0 Å². The Balaban J connectivity index is 1.70. The molecule has 1 heterocycles. The fraction of sp³-hybridized carbons (Fsp3) is 0.500. The van der Waals surface area contributed by atoms with Crippen molar-refractivity contribution in [3.63, 3.8) is 0 Å². The molecule has 1 aromatic carbocycles. The van der Waals surface area contributed by atoms with Crippen molar-refractivity contribution in [3.05, 3.63) is 22.2 Å².